The van der Waals surface area contributed by atoms with Crippen LogP contribution in [0.5, 0.6) is 5.75 Å². The van der Waals surface area contributed by atoms with Crippen LogP contribution in [0.2, 0.25) is 10.0 Å². The molecule has 2 aromatic rings. The molecule has 0 fully saturated rings. The van der Waals surface area contributed by atoms with Gasteiger partial charge in [-0.1, -0.05) is 41.4 Å². The maximum absolute atomic E-state index is 12.4. The summed E-state index contributed by atoms with van der Waals surface area (Å²) < 4.78 is 32.4. The summed E-state index contributed by atoms with van der Waals surface area (Å²) in [5.41, 5.74) is 0.774. The molecule has 0 heterocycles. The van der Waals surface area contributed by atoms with Crippen molar-refractivity contribution in [3.8, 4) is 5.75 Å². The van der Waals surface area contributed by atoms with Gasteiger partial charge in [0.2, 0.25) is 15.9 Å². The molecular formula is C17H18Cl2N2O4S. The molecule has 0 radical (unpaired) electrons. The van der Waals surface area contributed by atoms with Crippen LogP contribution in [0, 0.1) is 0 Å². The Hall–Kier alpha value is -1.80. The van der Waals surface area contributed by atoms with Crippen molar-refractivity contribution in [3.63, 3.8) is 0 Å². The van der Waals surface area contributed by atoms with Gasteiger partial charge in [0.25, 0.3) is 0 Å². The van der Waals surface area contributed by atoms with Gasteiger partial charge in [-0.3, -0.25) is 4.79 Å². The standard InChI is InChI=1S/C17H18Cl2N2O4S/c1-11(17(22)20-10-12-5-3-4-6-15(12)25-2)21-26(23,24)16-9-13(18)7-8-14(16)19/h3-9,11,21H,10H2,1-2H3,(H,20,22)/t11-/m0/s1. The smallest absolute Gasteiger partial charge is 0.242 e. The van der Waals surface area contributed by atoms with Crippen LogP contribution in [-0.4, -0.2) is 27.5 Å². The van der Waals surface area contributed by atoms with Gasteiger partial charge >= 0.3 is 0 Å². The van der Waals surface area contributed by atoms with E-state index in [2.05, 4.69) is 10.0 Å². The van der Waals surface area contributed by atoms with Crippen molar-refractivity contribution in [3.05, 3.63) is 58.1 Å². The molecule has 0 aromatic heterocycles. The van der Waals surface area contributed by atoms with E-state index >= 15 is 0 Å². The van der Waals surface area contributed by atoms with Crippen molar-refractivity contribution in [2.24, 2.45) is 0 Å². The Bertz CT molecular complexity index is 903. The van der Waals surface area contributed by atoms with Crippen molar-refractivity contribution in [2.45, 2.75) is 24.4 Å². The van der Waals surface area contributed by atoms with Crippen molar-refractivity contribution in [1.82, 2.24) is 10.0 Å². The summed E-state index contributed by atoms with van der Waals surface area (Å²) >= 11 is 11.8. The van der Waals surface area contributed by atoms with Crippen LogP contribution >= 0.6 is 23.2 Å². The fourth-order valence-electron chi connectivity index (χ4n) is 2.22. The first-order chi connectivity index (χ1) is 12.2. The number of carbonyl (C=O) groups excluding carboxylic acids is 1. The number of nitrogens with one attached hydrogen (secondary N) is 2. The van der Waals surface area contributed by atoms with Crippen molar-refractivity contribution in [2.75, 3.05) is 7.11 Å². The number of sulfonamides is 1. The molecule has 0 saturated heterocycles. The fourth-order valence-corrected chi connectivity index (χ4v) is 4.18. The lowest BCUT2D eigenvalue weighted by Crippen LogP contribution is -2.44. The Labute approximate surface area is 162 Å². The molecule has 0 spiro atoms. The minimum atomic E-state index is -4.01. The second kappa shape index (κ2) is 8.73. The van der Waals surface area contributed by atoms with Gasteiger partial charge in [-0.2, -0.15) is 4.72 Å². The highest BCUT2D eigenvalue weighted by Crippen LogP contribution is 2.25. The predicted molar refractivity (Wildman–Crippen MR) is 101 cm³/mol. The monoisotopic (exact) mass is 416 g/mol. The summed E-state index contributed by atoms with van der Waals surface area (Å²) in [6.07, 6.45) is 0. The molecule has 2 rings (SSSR count). The highest BCUT2D eigenvalue weighted by atomic mass is 35.5. The van der Waals surface area contributed by atoms with Crippen LogP contribution in [0.25, 0.3) is 0 Å². The lowest BCUT2D eigenvalue weighted by Gasteiger charge is -2.16. The first-order valence-electron chi connectivity index (χ1n) is 7.61. The number of ether oxygens (including phenoxy) is 1. The number of para-hydroxylation sites is 1. The van der Waals surface area contributed by atoms with Gasteiger partial charge in [-0.25, -0.2) is 8.42 Å². The van der Waals surface area contributed by atoms with E-state index in [1.807, 2.05) is 12.1 Å². The third-order valence-electron chi connectivity index (χ3n) is 3.55. The Morgan fingerprint density at radius 1 is 1.19 bits per heavy atom. The van der Waals surface area contributed by atoms with E-state index < -0.39 is 22.0 Å². The Balaban J connectivity index is 2.05. The van der Waals surface area contributed by atoms with Crippen molar-refractivity contribution in [1.29, 1.82) is 0 Å². The number of carbonyl (C=O) groups is 1. The van der Waals surface area contributed by atoms with Crippen LogP contribution in [0.1, 0.15) is 12.5 Å². The molecule has 0 aliphatic carbocycles. The van der Waals surface area contributed by atoms with E-state index in [4.69, 9.17) is 27.9 Å². The lowest BCUT2D eigenvalue weighted by atomic mass is 10.2. The Morgan fingerprint density at radius 3 is 2.58 bits per heavy atom. The molecule has 2 aromatic carbocycles. The zero-order valence-corrected chi connectivity index (χ0v) is 16.5. The largest absolute Gasteiger partial charge is 0.496 e. The molecular weight excluding hydrogens is 399 g/mol. The van der Waals surface area contributed by atoms with Gasteiger partial charge in [0.1, 0.15) is 10.6 Å². The van der Waals surface area contributed by atoms with E-state index in [0.717, 1.165) is 5.56 Å². The van der Waals surface area contributed by atoms with Crippen LogP contribution < -0.4 is 14.8 Å². The van der Waals surface area contributed by atoms with E-state index in [1.54, 1.807) is 12.1 Å². The molecule has 9 heteroatoms. The molecule has 0 bridgehead atoms. The minimum Gasteiger partial charge on any atom is -0.496 e. The first-order valence-corrected chi connectivity index (χ1v) is 9.85. The maximum atomic E-state index is 12.4. The molecule has 140 valence electrons. The highest BCUT2D eigenvalue weighted by Gasteiger charge is 2.24. The maximum Gasteiger partial charge on any atom is 0.242 e. The fraction of sp³-hybridized carbons (Fsp3) is 0.235. The molecule has 1 amide bonds. The molecule has 0 saturated carbocycles. The first kappa shape index (κ1) is 20.5. The quantitative estimate of drug-likeness (QED) is 0.726. The third-order valence-corrected chi connectivity index (χ3v) is 5.81. The average Bonchev–Trinajstić information content (AvgIpc) is 2.61. The number of benzene rings is 2. The zero-order valence-electron chi connectivity index (χ0n) is 14.1. The normalized spacial score (nSPS) is 12.5. The molecule has 0 unspecified atom stereocenters. The second-order valence-electron chi connectivity index (χ2n) is 5.45. The van der Waals surface area contributed by atoms with Gasteiger partial charge in [-0.15, -0.1) is 0 Å². The molecule has 1 atom stereocenters. The Morgan fingerprint density at radius 2 is 1.88 bits per heavy atom. The van der Waals surface area contributed by atoms with Gasteiger partial charge in [0.15, 0.2) is 0 Å². The van der Waals surface area contributed by atoms with Crippen molar-refractivity contribution >= 4 is 39.1 Å². The van der Waals surface area contributed by atoms with Crippen molar-refractivity contribution < 1.29 is 17.9 Å². The number of amides is 1. The van der Waals surface area contributed by atoms with E-state index in [9.17, 15) is 13.2 Å². The van der Waals surface area contributed by atoms with Crippen LogP contribution in [0.15, 0.2) is 47.4 Å². The Kier molecular flexibility index (Phi) is 6.88. The molecule has 6 nitrogen and oxygen atoms in total. The summed E-state index contributed by atoms with van der Waals surface area (Å²) in [6, 6.07) is 10.3. The molecule has 0 aliphatic heterocycles. The summed E-state index contributed by atoms with van der Waals surface area (Å²) in [5, 5.41) is 2.91. The number of hydrogen-bond donors (Lipinski definition) is 2. The molecule has 0 aliphatic rings. The molecule has 26 heavy (non-hydrogen) atoms. The number of halogens is 2. The SMILES string of the molecule is COc1ccccc1CNC(=O)[C@H](C)NS(=O)(=O)c1cc(Cl)ccc1Cl. The van der Waals surface area contributed by atoms with E-state index in [1.165, 1.54) is 32.2 Å². The summed E-state index contributed by atoms with van der Waals surface area (Å²) in [4.78, 5) is 12.1. The average molecular weight is 417 g/mol. The number of methoxy groups -OCH3 is 1. The third kappa shape index (κ3) is 5.11. The molecule has 2 N–H and O–H groups in total. The van der Waals surface area contributed by atoms with E-state index in [-0.39, 0.29) is 21.5 Å². The predicted octanol–water partition coefficient (Wildman–Crippen LogP) is 2.99. The van der Waals surface area contributed by atoms with Gasteiger partial charge in [-0.05, 0) is 31.2 Å². The minimum absolute atomic E-state index is 0.0172. The zero-order chi connectivity index (χ0) is 19.3. The summed E-state index contributed by atoms with van der Waals surface area (Å²) in [7, 11) is -2.47. The summed E-state index contributed by atoms with van der Waals surface area (Å²) in [6.45, 7) is 1.64. The van der Waals surface area contributed by atoms with Crippen LogP contribution in [0.4, 0.5) is 0 Å². The van der Waals surface area contributed by atoms with Crippen LogP contribution in [-0.2, 0) is 21.4 Å². The lowest BCUT2D eigenvalue weighted by molar-refractivity contribution is -0.122. The number of rotatable bonds is 7. The van der Waals surface area contributed by atoms with Gasteiger partial charge in [0, 0.05) is 17.1 Å². The second-order valence-corrected chi connectivity index (χ2v) is 7.97. The van der Waals surface area contributed by atoms with Crippen LogP contribution in [0.3, 0.4) is 0 Å². The highest BCUT2D eigenvalue weighted by molar-refractivity contribution is 7.89. The van der Waals surface area contributed by atoms with E-state index in [0.29, 0.717) is 5.75 Å². The topological polar surface area (TPSA) is 84.5 Å². The summed E-state index contributed by atoms with van der Waals surface area (Å²) in [5.74, 6) is 0.143. The number of hydrogen-bond acceptors (Lipinski definition) is 4. The van der Waals surface area contributed by atoms with Gasteiger partial charge < -0.3 is 10.1 Å². The van der Waals surface area contributed by atoms with Gasteiger partial charge in [0.05, 0.1) is 18.2 Å².